The summed E-state index contributed by atoms with van der Waals surface area (Å²) in [6, 6.07) is 9.66. The smallest absolute Gasteiger partial charge is 0.328 e. The molecule has 4 rings (SSSR count). The number of amides is 3. The highest BCUT2D eigenvalue weighted by molar-refractivity contribution is 6.13. The van der Waals surface area contributed by atoms with Crippen molar-refractivity contribution in [1.82, 2.24) is 20.2 Å². The molecule has 1 N–H and O–H groups in total. The van der Waals surface area contributed by atoms with E-state index in [-0.39, 0.29) is 5.70 Å². The third-order valence-corrected chi connectivity index (χ3v) is 4.48. The number of nitrogens with zero attached hydrogens (tertiary/aromatic N) is 4. The van der Waals surface area contributed by atoms with Crippen LogP contribution in [0.3, 0.4) is 0 Å². The average molecular weight is 335 g/mol. The molecule has 0 saturated carbocycles. The molecule has 0 atom stereocenters. The lowest BCUT2D eigenvalue weighted by atomic mass is 10.0. The fourth-order valence-corrected chi connectivity index (χ4v) is 3.07. The van der Waals surface area contributed by atoms with E-state index in [4.69, 9.17) is 0 Å². The Kier molecular flexibility index (Phi) is 3.68. The van der Waals surface area contributed by atoms with Crippen LogP contribution in [0, 0.1) is 0 Å². The Labute approximate surface area is 145 Å². The van der Waals surface area contributed by atoms with Crippen LogP contribution < -0.4 is 10.2 Å². The highest BCUT2D eigenvalue weighted by atomic mass is 16.2. The monoisotopic (exact) mass is 335 g/mol. The Balaban J connectivity index is 1.61. The maximum Gasteiger partial charge on any atom is 0.328 e. The normalized spacial score (nSPS) is 18.5. The number of carbonyl (C=O) groups is 2. The quantitative estimate of drug-likeness (QED) is 0.666. The summed E-state index contributed by atoms with van der Waals surface area (Å²) in [6.07, 6.45) is 4.22. The molecule has 0 unspecified atom stereocenters. The highest BCUT2D eigenvalue weighted by Crippen LogP contribution is 2.22. The number of urea groups is 1. The second kappa shape index (κ2) is 6.01. The highest BCUT2D eigenvalue weighted by Gasteiger charge is 2.29. The van der Waals surface area contributed by atoms with E-state index in [9.17, 15) is 9.59 Å². The van der Waals surface area contributed by atoms with Gasteiger partial charge in [-0.15, -0.1) is 0 Å². The Hall–Kier alpha value is -3.22. The number of hydrogen-bond donors (Lipinski definition) is 1. The van der Waals surface area contributed by atoms with Gasteiger partial charge in [0.1, 0.15) is 5.70 Å². The van der Waals surface area contributed by atoms with Crippen molar-refractivity contribution in [2.45, 2.75) is 13.0 Å². The van der Waals surface area contributed by atoms with Crippen molar-refractivity contribution in [1.29, 1.82) is 0 Å². The van der Waals surface area contributed by atoms with Crippen molar-refractivity contribution >= 4 is 24.0 Å². The number of fused-ring (bicyclic) bond motifs is 1. The number of anilines is 1. The minimum atomic E-state index is -0.432. The molecular formula is C18H17N5O2. The van der Waals surface area contributed by atoms with Crippen LogP contribution in [0.5, 0.6) is 0 Å². The molecule has 2 aliphatic rings. The van der Waals surface area contributed by atoms with Gasteiger partial charge in [0.05, 0.1) is 5.69 Å². The Morgan fingerprint density at radius 3 is 2.72 bits per heavy atom. The van der Waals surface area contributed by atoms with Crippen molar-refractivity contribution in [2.24, 2.45) is 0 Å². The zero-order valence-corrected chi connectivity index (χ0v) is 13.8. The number of aromatic nitrogens is 2. The van der Waals surface area contributed by atoms with E-state index >= 15 is 0 Å². The van der Waals surface area contributed by atoms with E-state index in [1.54, 1.807) is 25.4 Å². The molecule has 1 aromatic heterocycles. The number of rotatable bonds is 2. The Morgan fingerprint density at radius 2 is 1.96 bits per heavy atom. The number of hydrogen-bond acceptors (Lipinski definition) is 5. The molecule has 3 amide bonds. The first-order chi connectivity index (χ1) is 12.1. The van der Waals surface area contributed by atoms with E-state index in [1.165, 1.54) is 16.0 Å². The molecule has 1 aromatic carbocycles. The zero-order valence-electron chi connectivity index (χ0n) is 13.8. The fraction of sp³-hybridized carbons (Fsp3) is 0.222. The fourth-order valence-electron chi connectivity index (χ4n) is 3.07. The van der Waals surface area contributed by atoms with Crippen molar-refractivity contribution < 1.29 is 9.59 Å². The van der Waals surface area contributed by atoms with Gasteiger partial charge in [-0.25, -0.2) is 14.8 Å². The molecule has 1 saturated heterocycles. The summed E-state index contributed by atoms with van der Waals surface area (Å²) in [5, 5.41) is 2.25. The van der Waals surface area contributed by atoms with Gasteiger partial charge in [0, 0.05) is 26.3 Å². The van der Waals surface area contributed by atoms with E-state index < -0.39 is 11.9 Å². The van der Waals surface area contributed by atoms with E-state index in [1.807, 2.05) is 6.07 Å². The van der Waals surface area contributed by atoms with Crippen molar-refractivity contribution in [2.75, 3.05) is 18.5 Å². The summed E-state index contributed by atoms with van der Waals surface area (Å²) in [4.78, 5) is 35.7. The standard InChI is InChI=1S/C18H17N5O2/c1-22-15(16(24)21-18(22)25)10-14-6-8-19-17(20-14)23-9-7-12-4-2-3-5-13(12)11-23/h2-6,8,10H,7,9,11H2,1H3,(H,21,24,25). The second-order valence-electron chi connectivity index (χ2n) is 6.07. The molecular weight excluding hydrogens is 318 g/mol. The SMILES string of the molecule is CN1C(=O)NC(=O)C1=Cc1ccnc(N2CCc3ccccc3C2)n1. The molecule has 7 nitrogen and oxygen atoms in total. The number of imide groups is 1. The molecule has 0 radical (unpaired) electrons. The number of nitrogens with one attached hydrogen (secondary N) is 1. The Bertz CT molecular complexity index is 893. The molecule has 2 aromatic rings. The molecule has 0 bridgehead atoms. The van der Waals surface area contributed by atoms with Gasteiger partial charge in [0.2, 0.25) is 5.95 Å². The number of benzene rings is 1. The number of likely N-dealkylation sites (N-methyl/N-ethyl adjacent to an activating group) is 1. The summed E-state index contributed by atoms with van der Waals surface area (Å²) in [7, 11) is 1.55. The van der Waals surface area contributed by atoms with Crippen molar-refractivity contribution in [3.05, 3.63) is 59.0 Å². The van der Waals surface area contributed by atoms with Gasteiger partial charge in [-0.1, -0.05) is 24.3 Å². The van der Waals surface area contributed by atoms with Gasteiger partial charge >= 0.3 is 6.03 Å². The summed E-state index contributed by atoms with van der Waals surface area (Å²) in [6.45, 7) is 1.60. The van der Waals surface area contributed by atoms with E-state index in [2.05, 4.69) is 38.4 Å². The molecule has 2 aliphatic heterocycles. The van der Waals surface area contributed by atoms with Gasteiger partial charge in [0.15, 0.2) is 0 Å². The van der Waals surface area contributed by atoms with Crippen LogP contribution in [0.1, 0.15) is 16.8 Å². The third-order valence-electron chi connectivity index (χ3n) is 4.48. The first kappa shape index (κ1) is 15.3. The summed E-state index contributed by atoms with van der Waals surface area (Å²) in [5.41, 5.74) is 3.51. The van der Waals surface area contributed by atoms with Crippen LogP contribution in [-0.4, -0.2) is 40.4 Å². The molecule has 0 spiro atoms. The van der Waals surface area contributed by atoms with Crippen LogP contribution in [-0.2, 0) is 17.8 Å². The van der Waals surface area contributed by atoms with Gasteiger partial charge in [-0.2, -0.15) is 0 Å². The minimum absolute atomic E-state index is 0.277. The van der Waals surface area contributed by atoms with Crippen LogP contribution >= 0.6 is 0 Å². The molecule has 1 fully saturated rings. The minimum Gasteiger partial charge on any atom is -0.336 e. The summed E-state index contributed by atoms with van der Waals surface area (Å²) in [5.74, 6) is 0.204. The maximum atomic E-state index is 11.8. The largest absolute Gasteiger partial charge is 0.336 e. The predicted octanol–water partition coefficient (Wildman–Crippen LogP) is 1.56. The summed E-state index contributed by atoms with van der Waals surface area (Å²) >= 11 is 0. The van der Waals surface area contributed by atoms with Crippen molar-refractivity contribution in [3.63, 3.8) is 0 Å². The number of carbonyl (C=O) groups excluding carboxylic acids is 2. The Morgan fingerprint density at radius 1 is 1.16 bits per heavy atom. The zero-order chi connectivity index (χ0) is 17.4. The topological polar surface area (TPSA) is 78.4 Å². The average Bonchev–Trinajstić information content (AvgIpc) is 2.88. The molecule has 0 aliphatic carbocycles. The molecule has 126 valence electrons. The first-order valence-corrected chi connectivity index (χ1v) is 8.07. The first-order valence-electron chi connectivity index (χ1n) is 8.07. The van der Waals surface area contributed by atoms with Gasteiger partial charge in [0.25, 0.3) is 5.91 Å². The molecule has 7 heteroatoms. The van der Waals surface area contributed by atoms with Crippen LogP contribution in [0.4, 0.5) is 10.7 Å². The second-order valence-corrected chi connectivity index (χ2v) is 6.07. The molecule has 25 heavy (non-hydrogen) atoms. The van der Waals surface area contributed by atoms with Crippen LogP contribution in [0.2, 0.25) is 0 Å². The van der Waals surface area contributed by atoms with Gasteiger partial charge in [-0.05, 0) is 29.7 Å². The van der Waals surface area contributed by atoms with E-state index in [0.29, 0.717) is 11.6 Å². The lowest BCUT2D eigenvalue weighted by Crippen LogP contribution is -2.31. The predicted molar refractivity (Wildman–Crippen MR) is 92.5 cm³/mol. The van der Waals surface area contributed by atoms with Crippen molar-refractivity contribution in [3.8, 4) is 0 Å². The lowest BCUT2D eigenvalue weighted by molar-refractivity contribution is -0.115. The van der Waals surface area contributed by atoms with Gasteiger partial charge in [-0.3, -0.25) is 15.0 Å². The lowest BCUT2D eigenvalue weighted by Gasteiger charge is -2.28. The van der Waals surface area contributed by atoms with Crippen LogP contribution in [0.15, 0.2) is 42.2 Å². The summed E-state index contributed by atoms with van der Waals surface area (Å²) < 4.78 is 0. The maximum absolute atomic E-state index is 11.8. The van der Waals surface area contributed by atoms with Gasteiger partial charge < -0.3 is 4.90 Å². The third kappa shape index (κ3) is 2.84. The van der Waals surface area contributed by atoms with E-state index in [0.717, 1.165) is 19.5 Å². The van der Waals surface area contributed by atoms with Crippen LogP contribution in [0.25, 0.3) is 6.08 Å². The molecule has 3 heterocycles.